The van der Waals surface area contributed by atoms with Gasteiger partial charge in [-0.15, -0.1) is 0 Å². The molecule has 0 saturated carbocycles. The van der Waals surface area contributed by atoms with E-state index in [0.29, 0.717) is 13.2 Å². The van der Waals surface area contributed by atoms with Gasteiger partial charge in [0, 0.05) is 17.1 Å². The van der Waals surface area contributed by atoms with Crippen LogP contribution in [0.15, 0.2) is 46.9 Å². The molecule has 2 rings (SSSR count). The SMILES string of the molecule is COCCOc1ccccc1C(N)c1cccc(Br)c1C. The Balaban J connectivity index is 2.30. The highest BCUT2D eigenvalue weighted by atomic mass is 79.9. The lowest BCUT2D eigenvalue weighted by molar-refractivity contribution is 0.145. The fourth-order valence-corrected chi connectivity index (χ4v) is 2.61. The summed E-state index contributed by atoms with van der Waals surface area (Å²) in [6.45, 7) is 3.13. The monoisotopic (exact) mass is 349 g/mol. The zero-order valence-corrected chi connectivity index (χ0v) is 13.9. The van der Waals surface area contributed by atoms with E-state index in [1.807, 2.05) is 36.4 Å². The number of halogens is 1. The maximum absolute atomic E-state index is 6.46. The van der Waals surface area contributed by atoms with Gasteiger partial charge in [0.2, 0.25) is 0 Å². The summed E-state index contributed by atoms with van der Waals surface area (Å²) in [5.74, 6) is 0.807. The van der Waals surface area contributed by atoms with Crippen LogP contribution in [-0.4, -0.2) is 20.3 Å². The largest absolute Gasteiger partial charge is 0.491 e. The van der Waals surface area contributed by atoms with E-state index in [9.17, 15) is 0 Å². The van der Waals surface area contributed by atoms with Gasteiger partial charge < -0.3 is 15.2 Å². The molecule has 0 aliphatic rings. The first kappa shape index (κ1) is 16.0. The summed E-state index contributed by atoms with van der Waals surface area (Å²) < 4.78 is 11.9. The highest BCUT2D eigenvalue weighted by Gasteiger charge is 2.16. The Labute approximate surface area is 134 Å². The van der Waals surface area contributed by atoms with Crippen molar-refractivity contribution in [3.8, 4) is 5.75 Å². The molecule has 112 valence electrons. The third kappa shape index (κ3) is 3.84. The number of rotatable bonds is 6. The van der Waals surface area contributed by atoms with Crippen molar-refractivity contribution in [2.45, 2.75) is 13.0 Å². The van der Waals surface area contributed by atoms with Crippen LogP contribution in [0, 0.1) is 6.92 Å². The number of ether oxygens (including phenoxy) is 2. The van der Waals surface area contributed by atoms with Crippen LogP contribution < -0.4 is 10.5 Å². The Morgan fingerprint density at radius 2 is 1.76 bits per heavy atom. The van der Waals surface area contributed by atoms with E-state index in [1.165, 1.54) is 0 Å². The van der Waals surface area contributed by atoms with Crippen molar-refractivity contribution in [2.24, 2.45) is 5.73 Å². The molecule has 0 bridgehead atoms. The zero-order valence-electron chi connectivity index (χ0n) is 12.3. The van der Waals surface area contributed by atoms with Gasteiger partial charge in [0.1, 0.15) is 12.4 Å². The van der Waals surface area contributed by atoms with Gasteiger partial charge in [0.25, 0.3) is 0 Å². The highest BCUT2D eigenvalue weighted by molar-refractivity contribution is 9.10. The van der Waals surface area contributed by atoms with Gasteiger partial charge in [-0.25, -0.2) is 0 Å². The fraction of sp³-hybridized carbons (Fsp3) is 0.294. The molecular formula is C17H20BrNO2. The van der Waals surface area contributed by atoms with Crippen LogP contribution in [0.2, 0.25) is 0 Å². The lowest BCUT2D eigenvalue weighted by Gasteiger charge is -2.19. The zero-order chi connectivity index (χ0) is 15.2. The van der Waals surface area contributed by atoms with Crippen LogP contribution in [0.25, 0.3) is 0 Å². The summed E-state index contributed by atoms with van der Waals surface area (Å²) in [5.41, 5.74) is 9.68. The van der Waals surface area contributed by atoms with Gasteiger partial charge >= 0.3 is 0 Å². The molecule has 0 aliphatic heterocycles. The molecule has 3 nitrogen and oxygen atoms in total. The summed E-state index contributed by atoms with van der Waals surface area (Å²) in [5, 5.41) is 0. The second-order valence-electron chi connectivity index (χ2n) is 4.81. The molecule has 4 heteroatoms. The molecular weight excluding hydrogens is 330 g/mol. The summed E-state index contributed by atoms with van der Waals surface area (Å²) in [6.07, 6.45) is 0. The smallest absolute Gasteiger partial charge is 0.124 e. The molecule has 2 N–H and O–H groups in total. The molecule has 2 aromatic carbocycles. The Morgan fingerprint density at radius 3 is 2.52 bits per heavy atom. The van der Waals surface area contributed by atoms with E-state index < -0.39 is 0 Å². The van der Waals surface area contributed by atoms with Crippen molar-refractivity contribution in [1.82, 2.24) is 0 Å². The highest BCUT2D eigenvalue weighted by Crippen LogP contribution is 2.32. The van der Waals surface area contributed by atoms with Gasteiger partial charge in [0.15, 0.2) is 0 Å². The van der Waals surface area contributed by atoms with Crippen molar-refractivity contribution in [3.05, 3.63) is 63.6 Å². The van der Waals surface area contributed by atoms with E-state index in [0.717, 1.165) is 26.9 Å². The Bertz CT molecular complexity index is 601. The summed E-state index contributed by atoms with van der Waals surface area (Å²) in [7, 11) is 1.66. The first-order valence-electron chi connectivity index (χ1n) is 6.86. The number of para-hydroxylation sites is 1. The Hall–Kier alpha value is -1.36. The maximum atomic E-state index is 6.46. The van der Waals surface area contributed by atoms with E-state index in [4.69, 9.17) is 15.2 Å². The molecule has 0 aromatic heterocycles. The maximum Gasteiger partial charge on any atom is 0.124 e. The normalized spacial score (nSPS) is 12.2. The van der Waals surface area contributed by atoms with Crippen molar-refractivity contribution in [1.29, 1.82) is 0 Å². The standard InChI is InChI=1S/C17H20BrNO2/c1-12-13(7-5-8-15(12)18)17(19)14-6-3-4-9-16(14)21-11-10-20-2/h3-9,17H,10-11,19H2,1-2H3. The van der Waals surface area contributed by atoms with Crippen molar-refractivity contribution >= 4 is 15.9 Å². The summed E-state index contributed by atoms with van der Waals surface area (Å²) in [6, 6.07) is 13.7. The number of methoxy groups -OCH3 is 1. The van der Waals surface area contributed by atoms with E-state index in [-0.39, 0.29) is 6.04 Å². The molecule has 0 fully saturated rings. The van der Waals surface area contributed by atoms with Crippen LogP contribution in [-0.2, 0) is 4.74 Å². The minimum absolute atomic E-state index is 0.221. The van der Waals surface area contributed by atoms with Gasteiger partial charge in [-0.3, -0.25) is 0 Å². The molecule has 0 saturated heterocycles. The average molecular weight is 350 g/mol. The van der Waals surface area contributed by atoms with Crippen molar-refractivity contribution in [3.63, 3.8) is 0 Å². The number of hydrogen-bond acceptors (Lipinski definition) is 3. The van der Waals surface area contributed by atoms with Crippen LogP contribution >= 0.6 is 15.9 Å². The van der Waals surface area contributed by atoms with Crippen molar-refractivity contribution in [2.75, 3.05) is 20.3 Å². The topological polar surface area (TPSA) is 44.5 Å². The predicted molar refractivity (Wildman–Crippen MR) is 88.7 cm³/mol. The second kappa shape index (κ2) is 7.59. The number of hydrogen-bond donors (Lipinski definition) is 1. The Kier molecular flexibility index (Phi) is 5.79. The third-order valence-corrected chi connectivity index (χ3v) is 4.30. The molecule has 2 aromatic rings. The molecule has 0 heterocycles. The first-order valence-corrected chi connectivity index (χ1v) is 7.65. The molecule has 1 atom stereocenters. The van der Waals surface area contributed by atoms with Crippen LogP contribution in [0.4, 0.5) is 0 Å². The molecule has 0 amide bonds. The molecule has 21 heavy (non-hydrogen) atoms. The quantitative estimate of drug-likeness (QED) is 0.806. The second-order valence-corrected chi connectivity index (χ2v) is 5.67. The van der Waals surface area contributed by atoms with Gasteiger partial charge in [-0.2, -0.15) is 0 Å². The molecule has 0 spiro atoms. The van der Waals surface area contributed by atoms with Gasteiger partial charge in [-0.05, 0) is 30.2 Å². The summed E-state index contributed by atoms with van der Waals surface area (Å²) >= 11 is 3.55. The minimum atomic E-state index is -0.221. The minimum Gasteiger partial charge on any atom is -0.491 e. The first-order chi connectivity index (χ1) is 10.1. The van der Waals surface area contributed by atoms with Crippen LogP contribution in [0.1, 0.15) is 22.7 Å². The van der Waals surface area contributed by atoms with Crippen LogP contribution in [0.5, 0.6) is 5.75 Å². The molecule has 0 aliphatic carbocycles. The van der Waals surface area contributed by atoms with Crippen molar-refractivity contribution < 1.29 is 9.47 Å². The molecule has 1 unspecified atom stereocenters. The fourth-order valence-electron chi connectivity index (χ4n) is 2.23. The predicted octanol–water partition coefficient (Wildman–Crippen LogP) is 3.83. The third-order valence-electron chi connectivity index (χ3n) is 3.44. The van der Waals surface area contributed by atoms with Gasteiger partial charge in [0.05, 0.1) is 12.6 Å². The lowest BCUT2D eigenvalue weighted by atomic mass is 9.95. The van der Waals surface area contributed by atoms with Gasteiger partial charge in [-0.1, -0.05) is 46.3 Å². The van der Waals surface area contributed by atoms with E-state index in [1.54, 1.807) is 7.11 Å². The number of benzene rings is 2. The Morgan fingerprint density at radius 1 is 1.05 bits per heavy atom. The van der Waals surface area contributed by atoms with E-state index >= 15 is 0 Å². The lowest BCUT2D eigenvalue weighted by Crippen LogP contribution is -2.16. The van der Waals surface area contributed by atoms with Crippen LogP contribution in [0.3, 0.4) is 0 Å². The number of nitrogens with two attached hydrogens (primary N) is 1. The summed E-state index contributed by atoms with van der Waals surface area (Å²) in [4.78, 5) is 0. The van der Waals surface area contributed by atoms with E-state index in [2.05, 4.69) is 28.9 Å². The average Bonchev–Trinajstić information content (AvgIpc) is 2.50. The molecule has 0 radical (unpaired) electrons.